The number of hydrogen-bond acceptors (Lipinski definition) is 3. The van der Waals surface area contributed by atoms with Crippen LogP contribution < -0.4 is 0 Å². The molecule has 3 aliphatic rings. The van der Waals surface area contributed by atoms with Gasteiger partial charge in [-0.05, 0) is 24.7 Å². The van der Waals surface area contributed by atoms with Gasteiger partial charge in [0, 0.05) is 18.9 Å². The van der Waals surface area contributed by atoms with Crippen molar-refractivity contribution in [2.45, 2.75) is 31.4 Å². The molecule has 2 bridgehead atoms. The first-order valence-electron chi connectivity index (χ1n) is 6.28. The average Bonchev–Trinajstić information content (AvgIpc) is 2.90. The van der Waals surface area contributed by atoms with E-state index in [0.29, 0.717) is 25.3 Å². The number of rotatable bonds is 2. The van der Waals surface area contributed by atoms with Crippen LogP contribution in [0.3, 0.4) is 0 Å². The van der Waals surface area contributed by atoms with E-state index in [1.54, 1.807) is 0 Å². The Morgan fingerprint density at radius 2 is 2.06 bits per heavy atom. The minimum atomic E-state index is -3.38. The maximum Gasteiger partial charge on any atom is 0.241 e. The second-order valence-corrected chi connectivity index (χ2v) is 7.31. The van der Waals surface area contributed by atoms with Crippen molar-refractivity contribution < 1.29 is 13.2 Å². The molecule has 0 radical (unpaired) electrons. The van der Waals surface area contributed by atoms with Crippen molar-refractivity contribution in [3.8, 4) is 0 Å². The zero-order chi connectivity index (χ0) is 12.2. The smallest absolute Gasteiger partial charge is 0.241 e. The molecule has 0 unspecified atom stereocenters. The first kappa shape index (κ1) is 11.3. The number of carbonyl (C=O) groups excluding carboxylic acids is 1. The fourth-order valence-electron chi connectivity index (χ4n) is 3.58. The summed E-state index contributed by atoms with van der Waals surface area (Å²) in [4.78, 5) is 11.9. The molecule has 0 spiro atoms. The Kier molecular flexibility index (Phi) is 2.37. The lowest BCUT2D eigenvalue weighted by Gasteiger charge is -2.18. The van der Waals surface area contributed by atoms with Crippen LogP contribution in [0.2, 0.25) is 0 Å². The van der Waals surface area contributed by atoms with Gasteiger partial charge in [-0.2, -0.15) is 0 Å². The number of hydrogen-bond donors (Lipinski definition) is 0. The molecule has 1 amide bonds. The van der Waals surface area contributed by atoms with E-state index in [9.17, 15) is 13.2 Å². The largest absolute Gasteiger partial charge is 0.274 e. The van der Waals surface area contributed by atoms with Crippen molar-refractivity contribution in [3.63, 3.8) is 0 Å². The highest BCUT2D eigenvalue weighted by molar-refractivity contribution is 7.90. The predicted molar refractivity (Wildman–Crippen MR) is 63.6 cm³/mol. The van der Waals surface area contributed by atoms with Crippen LogP contribution >= 0.6 is 0 Å². The van der Waals surface area contributed by atoms with Gasteiger partial charge in [-0.25, -0.2) is 12.7 Å². The van der Waals surface area contributed by atoms with Crippen LogP contribution in [0.15, 0.2) is 12.2 Å². The van der Waals surface area contributed by atoms with Crippen LogP contribution in [-0.2, 0) is 14.8 Å². The van der Waals surface area contributed by atoms with Gasteiger partial charge in [-0.3, -0.25) is 4.79 Å². The average molecular weight is 255 g/mol. The molecule has 0 aromatic rings. The van der Waals surface area contributed by atoms with Gasteiger partial charge in [-0.1, -0.05) is 19.1 Å². The fourth-order valence-corrected chi connectivity index (χ4v) is 6.01. The van der Waals surface area contributed by atoms with Gasteiger partial charge in [0.05, 0.1) is 5.25 Å². The Bertz CT molecular complexity index is 482. The molecule has 4 atom stereocenters. The van der Waals surface area contributed by atoms with E-state index in [0.717, 1.165) is 10.7 Å². The summed E-state index contributed by atoms with van der Waals surface area (Å²) in [5, 5.41) is -0.321. The Hall–Kier alpha value is -0.840. The van der Waals surface area contributed by atoms with Gasteiger partial charge >= 0.3 is 0 Å². The Balaban J connectivity index is 1.91. The fraction of sp³-hybridized carbons (Fsp3) is 0.750. The van der Waals surface area contributed by atoms with Gasteiger partial charge in [0.25, 0.3) is 0 Å². The second kappa shape index (κ2) is 3.57. The molecule has 1 aliphatic heterocycles. The first-order valence-corrected chi connectivity index (χ1v) is 7.78. The summed E-state index contributed by atoms with van der Waals surface area (Å²) < 4.78 is 25.9. The van der Waals surface area contributed by atoms with E-state index in [1.807, 2.05) is 13.0 Å². The number of nitrogens with zero attached hydrogens (tertiary/aromatic N) is 1. The maximum atomic E-state index is 12.4. The molecule has 2 aliphatic carbocycles. The Morgan fingerprint density at radius 3 is 2.71 bits per heavy atom. The maximum absolute atomic E-state index is 12.4. The summed E-state index contributed by atoms with van der Waals surface area (Å²) >= 11 is 0. The van der Waals surface area contributed by atoms with Crippen LogP contribution in [0.5, 0.6) is 0 Å². The molecule has 0 N–H and O–H groups in total. The molecule has 3 rings (SSSR count). The number of allylic oxidation sites excluding steroid dienone is 2. The summed E-state index contributed by atoms with van der Waals surface area (Å²) in [7, 11) is -3.38. The highest BCUT2D eigenvalue weighted by Gasteiger charge is 2.58. The molecule has 94 valence electrons. The summed E-state index contributed by atoms with van der Waals surface area (Å²) in [5.74, 6) is 0.450. The monoisotopic (exact) mass is 255 g/mol. The van der Waals surface area contributed by atoms with Gasteiger partial charge in [-0.15, -0.1) is 0 Å². The second-order valence-electron chi connectivity index (χ2n) is 5.30. The topological polar surface area (TPSA) is 54.5 Å². The SMILES string of the molecule is CCCC(=O)N1C[C@H]2[C@H]([C@H]3C=C[C@@H]2C3)S1(=O)=O. The molecule has 0 aromatic carbocycles. The van der Waals surface area contributed by atoms with E-state index >= 15 is 0 Å². The molecule has 1 saturated carbocycles. The quantitative estimate of drug-likeness (QED) is 0.695. The minimum Gasteiger partial charge on any atom is -0.274 e. The van der Waals surface area contributed by atoms with E-state index in [1.165, 1.54) is 0 Å². The lowest BCUT2D eigenvalue weighted by atomic mass is 9.93. The van der Waals surface area contributed by atoms with Gasteiger partial charge in [0.2, 0.25) is 15.9 Å². The Morgan fingerprint density at radius 1 is 1.35 bits per heavy atom. The summed E-state index contributed by atoms with van der Waals surface area (Å²) in [5.41, 5.74) is 0. The van der Waals surface area contributed by atoms with Crippen LogP contribution in [0.4, 0.5) is 0 Å². The van der Waals surface area contributed by atoms with Crippen LogP contribution in [0, 0.1) is 17.8 Å². The van der Waals surface area contributed by atoms with Crippen molar-refractivity contribution >= 4 is 15.9 Å². The van der Waals surface area contributed by atoms with Crippen LogP contribution in [0.25, 0.3) is 0 Å². The normalized spacial score (nSPS) is 40.9. The van der Waals surface area contributed by atoms with E-state index in [4.69, 9.17) is 0 Å². The standard InChI is InChI=1S/C12H17NO3S/c1-2-3-11(14)13-7-10-8-4-5-9(6-8)12(10)17(13,15)16/h4-5,8-10,12H,2-3,6-7H2,1H3/t8-,9+,10-,12+/m1/s1. The third-order valence-electron chi connectivity index (χ3n) is 4.31. The van der Waals surface area contributed by atoms with Crippen molar-refractivity contribution in [3.05, 3.63) is 12.2 Å². The molecule has 17 heavy (non-hydrogen) atoms. The molecule has 2 fully saturated rings. The van der Waals surface area contributed by atoms with Crippen molar-refractivity contribution in [1.29, 1.82) is 0 Å². The predicted octanol–water partition coefficient (Wildman–Crippen LogP) is 1.15. The summed E-state index contributed by atoms with van der Waals surface area (Å²) in [6.07, 6.45) is 6.16. The highest BCUT2D eigenvalue weighted by atomic mass is 32.2. The summed E-state index contributed by atoms with van der Waals surface area (Å²) in [6.45, 7) is 2.31. The summed E-state index contributed by atoms with van der Waals surface area (Å²) in [6, 6.07) is 0. The molecule has 5 heteroatoms. The molecular formula is C12H17NO3S. The Labute approximate surface area is 102 Å². The number of carbonyl (C=O) groups is 1. The molecule has 1 saturated heterocycles. The van der Waals surface area contributed by atoms with Gasteiger partial charge in [0.15, 0.2) is 0 Å². The van der Waals surface area contributed by atoms with Crippen LogP contribution in [-0.4, -0.2) is 30.4 Å². The zero-order valence-electron chi connectivity index (χ0n) is 9.87. The van der Waals surface area contributed by atoms with Crippen molar-refractivity contribution in [1.82, 2.24) is 4.31 Å². The van der Waals surface area contributed by atoms with Gasteiger partial charge < -0.3 is 0 Å². The third kappa shape index (κ3) is 1.41. The van der Waals surface area contributed by atoms with Crippen LogP contribution in [0.1, 0.15) is 26.2 Å². The van der Waals surface area contributed by atoms with Crippen molar-refractivity contribution in [2.24, 2.45) is 17.8 Å². The van der Waals surface area contributed by atoms with E-state index in [2.05, 4.69) is 6.08 Å². The zero-order valence-corrected chi connectivity index (χ0v) is 10.7. The number of fused-ring (bicyclic) bond motifs is 5. The van der Waals surface area contributed by atoms with E-state index in [-0.39, 0.29) is 23.0 Å². The first-order chi connectivity index (χ1) is 8.05. The van der Waals surface area contributed by atoms with Gasteiger partial charge in [0.1, 0.15) is 0 Å². The molecule has 0 aromatic heterocycles. The lowest BCUT2D eigenvalue weighted by Crippen LogP contribution is -2.36. The molecule has 1 heterocycles. The number of amides is 1. The molecule has 4 nitrogen and oxygen atoms in total. The number of sulfonamides is 1. The highest BCUT2D eigenvalue weighted by Crippen LogP contribution is 2.51. The van der Waals surface area contributed by atoms with Crippen molar-refractivity contribution in [2.75, 3.05) is 6.54 Å². The minimum absolute atomic E-state index is 0.148. The third-order valence-corrected chi connectivity index (χ3v) is 6.67. The lowest BCUT2D eigenvalue weighted by molar-refractivity contribution is -0.126. The molecular weight excluding hydrogens is 238 g/mol. The van der Waals surface area contributed by atoms with E-state index < -0.39 is 10.0 Å².